The first-order valence-corrected chi connectivity index (χ1v) is 6.01. The molecule has 0 atom stereocenters. The molecule has 3 heteroatoms. The predicted octanol–water partition coefficient (Wildman–Crippen LogP) is 1.69. The zero-order valence-electron chi connectivity index (χ0n) is 10.3. The molecule has 1 aliphatic rings. The first-order valence-electron chi connectivity index (χ1n) is 6.01. The molecule has 3 nitrogen and oxygen atoms in total. The van der Waals surface area contributed by atoms with E-state index in [4.69, 9.17) is 5.84 Å². The molecule has 0 unspecified atom stereocenters. The second-order valence-electron chi connectivity index (χ2n) is 3.49. The van der Waals surface area contributed by atoms with Crippen molar-refractivity contribution in [2.75, 3.05) is 26.2 Å². The Balaban J connectivity index is 0.000000791. The Labute approximate surface area is 89.2 Å². The molecule has 86 valence electrons. The topological polar surface area (TPSA) is 32.5 Å². The van der Waals surface area contributed by atoms with Gasteiger partial charge in [0.25, 0.3) is 0 Å². The van der Waals surface area contributed by atoms with E-state index in [0.717, 1.165) is 19.1 Å². The smallest absolute Gasteiger partial charge is 0.0143 e. The fourth-order valence-corrected chi connectivity index (χ4v) is 1.99. The maximum absolute atomic E-state index is 5.69. The lowest BCUT2D eigenvalue weighted by atomic mass is 10.0. The first-order chi connectivity index (χ1) is 6.77. The molecule has 1 heterocycles. The zero-order chi connectivity index (χ0) is 11.0. The average molecular weight is 201 g/mol. The lowest BCUT2D eigenvalue weighted by molar-refractivity contribution is 0.117. The molecule has 0 saturated carbocycles. The van der Waals surface area contributed by atoms with E-state index in [2.05, 4.69) is 18.7 Å². The largest absolute Gasteiger partial charge is 0.301 e. The van der Waals surface area contributed by atoms with Crippen molar-refractivity contribution in [1.29, 1.82) is 0 Å². The summed E-state index contributed by atoms with van der Waals surface area (Å²) in [6.45, 7) is 12.9. The Bertz CT molecular complexity index is 116. The Morgan fingerprint density at radius 3 is 1.93 bits per heavy atom. The average Bonchev–Trinajstić information content (AvgIpc) is 2.25. The van der Waals surface area contributed by atoms with Gasteiger partial charge in [-0.05, 0) is 25.9 Å². The van der Waals surface area contributed by atoms with Crippen molar-refractivity contribution in [3.63, 3.8) is 0 Å². The molecule has 1 aliphatic heterocycles. The number of rotatable bonds is 3. The summed E-state index contributed by atoms with van der Waals surface area (Å²) in [6, 6.07) is 0.778. The van der Waals surface area contributed by atoms with Gasteiger partial charge in [-0.3, -0.25) is 5.84 Å². The maximum Gasteiger partial charge on any atom is 0.0143 e. The minimum absolute atomic E-state index is 0.778. The van der Waals surface area contributed by atoms with Crippen molar-refractivity contribution in [3.8, 4) is 0 Å². The first kappa shape index (κ1) is 13.9. The molecule has 14 heavy (non-hydrogen) atoms. The molecule has 0 amide bonds. The second kappa shape index (κ2) is 8.21. The molecule has 1 saturated heterocycles. The molecule has 0 aromatic rings. The van der Waals surface area contributed by atoms with Gasteiger partial charge in [-0.15, -0.1) is 0 Å². The molecule has 0 radical (unpaired) electrons. The number of hydrogen-bond donors (Lipinski definition) is 1. The van der Waals surface area contributed by atoms with Gasteiger partial charge in [0, 0.05) is 19.1 Å². The van der Waals surface area contributed by atoms with E-state index in [0.29, 0.717) is 0 Å². The molecular weight excluding hydrogens is 174 g/mol. The summed E-state index contributed by atoms with van der Waals surface area (Å²) in [5.74, 6) is 5.69. The van der Waals surface area contributed by atoms with Gasteiger partial charge in [-0.25, -0.2) is 5.01 Å². The lowest BCUT2D eigenvalue weighted by Crippen LogP contribution is -2.47. The van der Waals surface area contributed by atoms with Gasteiger partial charge in [-0.1, -0.05) is 27.7 Å². The minimum atomic E-state index is 0.778. The van der Waals surface area contributed by atoms with Crippen LogP contribution in [0.2, 0.25) is 0 Å². The highest BCUT2D eigenvalue weighted by Crippen LogP contribution is 2.13. The van der Waals surface area contributed by atoms with Crippen LogP contribution in [-0.2, 0) is 0 Å². The van der Waals surface area contributed by atoms with Gasteiger partial charge in [0.1, 0.15) is 0 Å². The van der Waals surface area contributed by atoms with Gasteiger partial charge in [0.05, 0.1) is 0 Å². The van der Waals surface area contributed by atoms with Gasteiger partial charge < -0.3 is 4.90 Å². The monoisotopic (exact) mass is 201 g/mol. The van der Waals surface area contributed by atoms with Crippen LogP contribution in [0.1, 0.15) is 40.5 Å². The number of hydrogen-bond acceptors (Lipinski definition) is 3. The van der Waals surface area contributed by atoms with Gasteiger partial charge in [0.2, 0.25) is 0 Å². The summed E-state index contributed by atoms with van der Waals surface area (Å²) in [5, 5.41) is 1.93. The summed E-state index contributed by atoms with van der Waals surface area (Å²) in [6.07, 6.45) is 2.47. The Kier molecular flexibility index (Phi) is 8.14. The quantitative estimate of drug-likeness (QED) is 0.705. The molecule has 1 fully saturated rings. The minimum Gasteiger partial charge on any atom is -0.301 e. The van der Waals surface area contributed by atoms with Crippen LogP contribution in [0, 0.1) is 0 Å². The molecule has 0 bridgehead atoms. The van der Waals surface area contributed by atoms with Crippen molar-refractivity contribution in [2.24, 2.45) is 5.84 Å². The van der Waals surface area contributed by atoms with Gasteiger partial charge in [0.15, 0.2) is 0 Å². The van der Waals surface area contributed by atoms with Crippen LogP contribution in [0.5, 0.6) is 0 Å². The number of nitrogens with two attached hydrogens (primary N) is 1. The Morgan fingerprint density at radius 2 is 1.57 bits per heavy atom. The van der Waals surface area contributed by atoms with Crippen LogP contribution in [0.4, 0.5) is 0 Å². The number of piperidine rings is 1. The normalized spacial score (nSPS) is 19.3. The van der Waals surface area contributed by atoms with Crippen LogP contribution in [-0.4, -0.2) is 42.1 Å². The molecule has 1 rings (SSSR count). The van der Waals surface area contributed by atoms with E-state index in [-0.39, 0.29) is 0 Å². The summed E-state index contributed by atoms with van der Waals surface area (Å²) in [5.41, 5.74) is 0. The van der Waals surface area contributed by atoms with Gasteiger partial charge >= 0.3 is 0 Å². The van der Waals surface area contributed by atoms with Gasteiger partial charge in [-0.2, -0.15) is 0 Å². The summed E-state index contributed by atoms with van der Waals surface area (Å²) in [4.78, 5) is 2.53. The standard InChI is InChI=1S/C9H21N3.C2H6/c1-3-11(4-2)9-5-7-12(10)8-6-9;1-2/h9H,3-8,10H2,1-2H3;1-2H3. The number of nitrogens with zero attached hydrogens (tertiary/aromatic N) is 2. The maximum atomic E-state index is 5.69. The fraction of sp³-hybridized carbons (Fsp3) is 1.00. The molecule has 0 aromatic heterocycles. The van der Waals surface area contributed by atoms with E-state index in [1.807, 2.05) is 18.9 Å². The van der Waals surface area contributed by atoms with Crippen LogP contribution in [0.25, 0.3) is 0 Å². The fourth-order valence-electron chi connectivity index (χ4n) is 1.99. The molecule has 2 N–H and O–H groups in total. The van der Waals surface area contributed by atoms with Crippen molar-refractivity contribution < 1.29 is 0 Å². The van der Waals surface area contributed by atoms with E-state index < -0.39 is 0 Å². The summed E-state index contributed by atoms with van der Waals surface area (Å²) >= 11 is 0. The lowest BCUT2D eigenvalue weighted by Gasteiger charge is -2.35. The van der Waals surface area contributed by atoms with Crippen LogP contribution in [0.15, 0.2) is 0 Å². The van der Waals surface area contributed by atoms with Crippen LogP contribution >= 0.6 is 0 Å². The van der Waals surface area contributed by atoms with Crippen molar-refractivity contribution >= 4 is 0 Å². The van der Waals surface area contributed by atoms with Crippen LogP contribution in [0.3, 0.4) is 0 Å². The third kappa shape index (κ3) is 4.40. The second-order valence-corrected chi connectivity index (χ2v) is 3.49. The summed E-state index contributed by atoms with van der Waals surface area (Å²) in [7, 11) is 0. The highest BCUT2D eigenvalue weighted by Gasteiger charge is 2.20. The Morgan fingerprint density at radius 1 is 1.14 bits per heavy atom. The Hall–Kier alpha value is -0.120. The van der Waals surface area contributed by atoms with E-state index in [1.54, 1.807) is 0 Å². The van der Waals surface area contributed by atoms with Crippen molar-refractivity contribution in [3.05, 3.63) is 0 Å². The van der Waals surface area contributed by atoms with E-state index in [9.17, 15) is 0 Å². The van der Waals surface area contributed by atoms with E-state index in [1.165, 1.54) is 25.9 Å². The molecule has 0 aromatic carbocycles. The number of hydrazine groups is 1. The zero-order valence-corrected chi connectivity index (χ0v) is 10.3. The highest BCUT2D eigenvalue weighted by molar-refractivity contribution is 4.76. The van der Waals surface area contributed by atoms with Crippen LogP contribution < -0.4 is 5.84 Å². The van der Waals surface area contributed by atoms with E-state index >= 15 is 0 Å². The predicted molar refractivity (Wildman–Crippen MR) is 63.1 cm³/mol. The summed E-state index contributed by atoms with van der Waals surface area (Å²) < 4.78 is 0. The SMILES string of the molecule is CC.CCN(CC)C1CCN(N)CC1. The molecular formula is C11H27N3. The molecule has 0 spiro atoms. The highest BCUT2D eigenvalue weighted by atomic mass is 15.4. The van der Waals surface area contributed by atoms with Crippen molar-refractivity contribution in [1.82, 2.24) is 9.91 Å². The molecule has 0 aliphatic carbocycles. The van der Waals surface area contributed by atoms with Crippen molar-refractivity contribution in [2.45, 2.75) is 46.6 Å². The third-order valence-corrected chi connectivity index (χ3v) is 2.83. The third-order valence-electron chi connectivity index (χ3n) is 2.83.